The van der Waals surface area contributed by atoms with E-state index < -0.39 is 9.52 Å². The van der Waals surface area contributed by atoms with Crippen molar-refractivity contribution in [1.29, 1.82) is 0 Å². The van der Waals surface area contributed by atoms with Crippen LogP contribution in [0.5, 0.6) is 0 Å². The van der Waals surface area contributed by atoms with Crippen molar-refractivity contribution >= 4 is 20.7 Å². The lowest BCUT2D eigenvalue weighted by Gasteiger charge is -1.98. The van der Waals surface area contributed by atoms with Gasteiger partial charge in [-0.2, -0.15) is 0 Å². The molecule has 0 aliphatic carbocycles. The van der Waals surface area contributed by atoms with Gasteiger partial charge < -0.3 is 0 Å². The van der Waals surface area contributed by atoms with Gasteiger partial charge in [-0.1, -0.05) is 13.8 Å². The molecule has 0 aliphatic heterocycles. The molecule has 0 saturated heterocycles. The van der Waals surface area contributed by atoms with E-state index in [4.69, 9.17) is 0 Å². The van der Waals surface area contributed by atoms with E-state index in [1.807, 2.05) is 0 Å². The van der Waals surface area contributed by atoms with Crippen LogP contribution in [0, 0.1) is 5.92 Å². The first kappa shape index (κ1) is 9.69. The van der Waals surface area contributed by atoms with Crippen LogP contribution in [-0.2, 0) is 14.3 Å². The van der Waals surface area contributed by atoms with E-state index in [0.29, 0.717) is 0 Å². The lowest BCUT2D eigenvalue weighted by molar-refractivity contribution is -0.114. The molecule has 0 aromatic heterocycles. The molecule has 2 nitrogen and oxygen atoms in total. The normalized spacial score (nSPS) is 11.7. The molecule has 0 aromatic rings. The zero-order chi connectivity index (χ0) is 8.36. The van der Waals surface area contributed by atoms with Gasteiger partial charge in [-0.3, -0.25) is 9.00 Å². The largest absolute Gasteiger partial charge is 0.294 e. The fraction of sp³-hybridized carbons (Fsp3) is 0.714. The van der Waals surface area contributed by atoms with Crippen LogP contribution in [-0.4, -0.2) is 27.9 Å². The highest BCUT2D eigenvalue weighted by Crippen LogP contribution is 1.91. The molecule has 0 amide bonds. The summed E-state index contributed by atoms with van der Waals surface area (Å²) in [5.74, 6) is -0.0734. The highest BCUT2D eigenvalue weighted by atomic mass is 32.2. The predicted molar refractivity (Wildman–Crippen MR) is 45.9 cm³/mol. The lowest BCUT2D eigenvalue weighted by atomic mass is 10.1. The van der Waals surface area contributed by atoms with Crippen LogP contribution in [0.2, 0.25) is 0 Å². The van der Waals surface area contributed by atoms with Gasteiger partial charge in [-0.05, 0) is 9.52 Å². The molecule has 0 radical (unpaired) electrons. The van der Waals surface area contributed by atoms with E-state index in [1.54, 1.807) is 26.4 Å². The van der Waals surface area contributed by atoms with Gasteiger partial charge in [0, 0.05) is 23.8 Å². The minimum Gasteiger partial charge on any atom is -0.294 e. The number of rotatable bonds is 2. The fourth-order valence-electron chi connectivity index (χ4n) is 0.416. The zero-order valence-corrected chi connectivity index (χ0v) is 7.70. The van der Waals surface area contributed by atoms with E-state index in [-0.39, 0.29) is 11.7 Å². The van der Waals surface area contributed by atoms with Gasteiger partial charge in [0.25, 0.3) is 0 Å². The standard InChI is InChI=1S/C7H14O2S/c1-6(2)7(8)5-10(3,4)9/h5-6H,1-4H3. The summed E-state index contributed by atoms with van der Waals surface area (Å²) in [6.07, 6.45) is 3.13. The summed E-state index contributed by atoms with van der Waals surface area (Å²) >= 11 is 0. The molecule has 0 atom stereocenters. The quantitative estimate of drug-likeness (QED) is 0.556. The molecular weight excluding hydrogens is 148 g/mol. The van der Waals surface area contributed by atoms with Crippen molar-refractivity contribution in [1.82, 2.24) is 0 Å². The summed E-state index contributed by atoms with van der Waals surface area (Å²) in [6.45, 7) is 3.59. The van der Waals surface area contributed by atoms with Crippen LogP contribution < -0.4 is 0 Å². The van der Waals surface area contributed by atoms with Gasteiger partial charge in [0.1, 0.15) is 0 Å². The van der Waals surface area contributed by atoms with Crippen molar-refractivity contribution in [3.05, 3.63) is 0 Å². The molecule has 0 heterocycles. The van der Waals surface area contributed by atoms with Crippen molar-refractivity contribution < 1.29 is 9.00 Å². The van der Waals surface area contributed by atoms with E-state index in [1.165, 1.54) is 5.37 Å². The maximum Gasteiger partial charge on any atom is 0.166 e. The molecule has 0 aromatic carbocycles. The Morgan fingerprint density at radius 3 is 1.90 bits per heavy atom. The minimum absolute atomic E-state index is 0.0324. The summed E-state index contributed by atoms with van der Waals surface area (Å²) in [5, 5.41) is 1.32. The lowest BCUT2D eigenvalue weighted by Crippen LogP contribution is -2.13. The number of carbonyl (C=O) groups excluding carboxylic acids is 1. The Kier molecular flexibility index (Phi) is 3.09. The van der Waals surface area contributed by atoms with Gasteiger partial charge in [0.2, 0.25) is 0 Å². The van der Waals surface area contributed by atoms with Gasteiger partial charge in [0.15, 0.2) is 5.78 Å². The summed E-state index contributed by atoms with van der Waals surface area (Å²) in [5.41, 5.74) is 0. The summed E-state index contributed by atoms with van der Waals surface area (Å²) in [6, 6.07) is 0. The molecule has 10 heavy (non-hydrogen) atoms. The Bertz CT molecular complexity index is 224. The average Bonchev–Trinajstić information content (AvgIpc) is 1.60. The number of Topliss-reactive ketones (excluding diaryl/α,β-unsaturated/α-hetero) is 1. The van der Waals surface area contributed by atoms with Crippen LogP contribution >= 0.6 is 0 Å². The summed E-state index contributed by atoms with van der Waals surface area (Å²) < 4.78 is 11.0. The molecule has 0 spiro atoms. The number of hydrogen-bond acceptors (Lipinski definition) is 2. The maximum atomic E-state index is 11.0. The summed E-state index contributed by atoms with van der Waals surface area (Å²) in [4.78, 5) is 10.9. The van der Waals surface area contributed by atoms with E-state index in [9.17, 15) is 9.00 Å². The number of carbonyl (C=O) groups is 1. The Balaban J connectivity index is 4.46. The average molecular weight is 162 g/mol. The molecule has 3 heteroatoms. The van der Waals surface area contributed by atoms with Crippen molar-refractivity contribution in [2.75, 3.05) is 12.5 Å². The third-order valence-corrected chi connectivity index (χ3v) is 1.77. The van der Waals surface area contributed by atoms with Crippen LogP contribution in [0.3, 0.4) is 0 Å². The highest BCUT2D eigenvalue weighted by Gasteiger charge is 2.04. The van der Waals surface area contributed by atoms with Crippen LogP contribution in [0.25, 0.3) is 0 Å². The van der Waals surface area contributed by atoms with Crippen LogP contribution in [0.15, 0.2) is 0 Å². The number of hydrogen-bond donors (Lipinski definition) is 0. The second kappa shape index (κ2) is 3.19. The van der Waals surface area contributed by atoms with Crippen molar-refractivity contribution in [3.63, 3.8) is 0 Å². The Labute approximate surface area is 62.6 Å². The molecule has 0 N–H and O–H groups in total. The second-order valence-electron chi connectivity index (χ2n) is 2.98. The Hall–Kier alpha value is -0.310. The first-order chi connectivity index (χ1) is 4.33. The SMILES string of the molecule is CC(C)C(=O)C=S(C)(C)=O. The molecule has 0 aliphatic rings. The van der Waals surface area contributed by atoms with Crippen LogP contribution in [0.1, 0.15) is 13.8 Å². The molecule has 0 fully saturated rings. The topological polar surface area (TPSA) is 34.1 Å². The molecule has 0 saturated carbocycles. The van der Waals surface area contributed by atoms with E-state index >= 15 is 0 Å². The smallest absolute Gasteiger partial charge is 0.166 e. The van der Waals surface area contributed by atoms with Gasteiger partial charge in [-0.25, -0.2) is 0 Å². The maximum absolute atomic E-state index is 11.0. The highest BCUT2D eigenvalue weighted by molar-refractivity contribution is 8.01. The third kappa shape index (κ3) is 4.56. The van der Waals surface area contributed by atoms with Gasteiger partial charge in [0.05, 0.1) is 0 Å². The minimum atomic E-state index is -1.99. The van der Waals surface area contributed by atoms with Crippen LogP contribution in [0.4, 0.5) is 0 Å². The van der Waals surface area contributed by atoms with E-state index in [2.05, 4.69) is 0 Å². The fourth-order valence-corrected chi connectivity index (χ4v) is 1.25. The van der Waals surface area contributed by atoms with Crippen molar-refractivity contribution in [2.24, 2.45) is 5.92 Å². The van der Waals surface area contributed by atoms with Gasteiger partial charge in [-0.15, -0.1) is 0 Å². The van der Waals surface area contributed by atoms with Gasteiger partial charge >= 0.3 is 0 Å². The summed E-state index contributed by atoms with van der Waals surface area (Å²) in [7, 11) is -1.99. The molecule has 0 bridgehead atoms. The molecule has 0 rings (SSSR count). The van der Waals surface area contributed by atoms with Crippen molar-refractivity contribution in [3.8, 4) is 0 Å². The van der Waals surface area contributed by atoms with E-state index in [0.717, 1.165) is 0 Å². The number of ketones is 1. The first-order valence-electron chi connectivity index (χ1n) is 3.16. The Morgan fingerprint density at radius 1 is 1.40 bits per heavy atom. The molecule has 60 valence electrons. The molecule has 0 unspecified atom stereocenters. The molecular formula is C7H14O2S. The Morgan fingerprint density at radius 2 is 1.80 bits per heavy atom. The third-order valence-electron chi connectivity index (χ3n) is 0.969. The first-order valence-corrected chi connectivity index (χ1v) is 5.59. The van der Waals surface area contributed by atoms with Crippen molar-refractivity contribution in [2.45, 2.75) is 13.8 Å². The monoisotopic (exact) mass is 162 g/mol. The predicted octanol–water partition coefficient (Wildman–Crippen LogP) is 0.558. The zero-order valence-electron chi connectivity index (χ0n) is 6.88. The second-order valence-corrected chi connectivity index (χ2v) is 5.84.